The van der Waals surface area contributed by atoms with Gasteiger partial charge in [0.25, 0.3) is 0 Å². The van der Waals surface area contributed by atoms with Gasteiger partial charge in [-0.1, -0.05) is 29.8 Å². The Bertz CT molecular complexity index is 557. The highest BCUT2D eigenvalue weighted by molar-refractivity contribution is 6.31. The Morgan fingerprint density at radius 1 is 1.21 bits per heavy atom. The van der Waals surface area contributed by atoms with Gasteiger partial charge in [0.1, 0.15) is 5.82 Å². The lowest BCUT2D eigenvalue weighted by molar-refractivity contribution is 0.191. The third-order valence-corrected chi connectivity index (χ3v) is 3.33. The molecule has 0 aliphatic carbocycles. The topological polar surface area (TPSA) is 32.3 Å². The Morgan fingerprint density at radius 2 is 1.89 bits per heavy atom. The predicted molar refractivity (Wildman–Crippen MR) is 76.0 cm³/mol. The zero-order valence-corrected chi connectivity index (χ0v) is 11.3. The molecule has 0 radical (unpaired) electrons. The Morgan fingerprint density at radius 3 is 2.53 bits per heavy atom. The van der Waals surface area contributed by atoms with Gasteiger partial charge in [-0.3, -0.25) is 0 Å². The molecule has 0 spiro atoms. The normalized spacial score (nSPS) is 12.2. The van der Waals surface area contributed by atoms with Gasteiger partial charge < -0.3 is 10.4 Å². The third-order valence-electron chi connectivity index (χ3n) is 2.93. The smallest absolute Gasteiger partial charge is 0.123 e. The van der Waals surface area contributed by atoms with Gasteiger partial charge in [-0.05, 0) is 42.3 Å². The van der Waals surface area contributed by atoms with E-state index in [-0.39, 0.29) is 5.82 Å². The van der Waals surface area contributed by atoms with Crippen LogP contribution in [0.1, 0.15) is 17.2 Å². The van der Waals surface area contributed by atoms with Gasteiger partial charge in [0.05, 0.1) is 6.10 Å². The monoisotopic (exact) mass is 279 g/mol. The standard InChI is InChI=1S/C15H15ClFNO/c1-10-2-7-13(8-14(10)16)18-9-15(19)11-3-5-12(17)6-4-11/h2-8,15,18-19H,9H2,1H3. The first-order valence-electron chi connectivity index (χ1n) is 6.00. The summed E-state index contributed by atoms with van der Waals surface area (Å²) in [6.07, 6.45) is -0.694. The van der Waals surface area contributed by atoms with Crippen molar-refractivity contribution in [3.63, 3.8) is 0 Å². The van der Waals surface area contributed by atoms with Crippen molar-refractivity contribution in [3.8, 4) is 0 Å². The summed E-state index contributed by atoms with van der Waals surface area (Å²) in [5.41, 5.74) is 2.52. The molecule has 1 unspecified atom stereocenters. The minimum absolute atomic E-state index is 0.311. The van der Waals surface area contributed by atoms with Crippen molar-refractivity contribution in [2.75, 3.05) is 11.9 Å². The number of anilines is 1. The number of aryl methyl sites for hydroxylation is 1. The van der Waals surface area contributed by atoms with E-state index in [0.29, 0.717) is 17.1 Å². The number of benzene rings is 2. The number of hydrogen-bond donors (Lipinski definition) is 2. The number of hydrogen-bond acceptors (Lipinski definition) is 2. The van der Waals surface area contributed by atoms with Crippen molar-refractivity contribution in [3.05, 3.63) is 64.4 Å². The summed E-state index contributed by atoms with van der Waals surface area (Å²) in [7, 11) is 0. The second-order valence-corrected chi connectivity index (χ2v) is 4.82. The van der Waals surface area contributed by atoms with Crippen molar-refractivity contribution in [2.45, 2.75) is 13.0 Å². The number of aliphatic hydroxyl groups excluding tert-OH is 1. The number of nitrogens with one attached hydrogen (secondary N) is 1. The third kappa shape index (κ3) is 3.69. The molecular formula is C15H15ClFNO. The van der Waals surface area contributed by atoms with Gasteiger partial charge >= 0.3 is 0 Å². The molecule has 100 valence electrons. The Balaban J connectivity index is 1.98. The van der Waals surface area contributed by atoms with Gasteiger partial charge in [-0.25, -0.2) is 4.39 Å². The number of rotatable bonds is 4. The molecule has 1 atom stereocenters. The van der Waals surface area contributed by atoms with Crippen LogP contribution < -0.4 is 5.32 Å². The van der Waals surface area contributed by atoms with Crippen LogP contribution in [0.4, 0.5) is 10.1 Å². The molecular weight excluding hydrogens is 265 g/mol. The quantitative estimate of drug-likeness (QED) is 0.889. The molecule has 2 N–H and O–H groups in total. The van der Waals surface area contributed by atoms with Crippen molar-refractivity contribution >= 4 is 17.3 Å². The van der Waals surface area contributed by atoms with E-state index in [0.717, 1.165) is 11.3 Å². The molecule has 0 aliphatic heterocycles. The highest BCUT2D eigenvalue weighted by Crippen LogP contribution is 2.21. The summed E-state index contributed by atoms with van der Waals surface area (Å²) in [5, 5.41) is 13.8. The first-order valence-corrected chi connectivity index (χ1v) is 6.37. The van der Waals surface area contributed by atoms with E-state index in [4.69, 9.17) is 11.6 Å². The van der Waals surface area contributed by atoms with Crippen LogP contribution >= 0.6 is 11.6 Å². The minimum atomic E-state index is -0.694. The van der Waals surface area contributed by atoms with Crippen LogP contribution in [-0.2, 0) is 0 Å². The van der Waals surface area contributed by atoms with Crippen molar-refractivity contribution in [2.24, 2.45) is 0 Å². The summed E-state index contributed by atoms with van der Waals surface area (Å²) >= 11 is 6.02. The van der Waals surface area contributed by atoms with E-state index < -0.39 is 6.10 Å². The minimum Gasteiger partial charge on any atom is -0.387 e. The van der Waals surface area contributed by atoms with Crippen molar-refractivity contribution < 1.29 is 9.50 Å². The maximum atomic E-state index is 12.8. The second kappa shape index (κ2) is 6.04. The van der Waals surface area contributed by atoms with E-state index in [1.54, 1.807) is 12.1 Å². The SMILES string of the molecule is Cc1ccc(NCC(O)c2ccc(F)cc2)cc1Cl. The van der Waals surface area contributed by atoms with Gasteiger partial charge in [-0.2, -0.15) is 0 Å². The van der Waals surface area contributed by atoms with Gasteiger partial charge in [-0.15, -0.1) is 0 Å². The number of aliphatic hydroxyl groups is 1. The Labute approximate surface area is 116 Å². The fourth-order valence-electron chi connectivity index (χ4n) is 1.72. The fraction of sp³-hybridized carbons (Fsp3) is 0.200. The van der Waals surface area contributed by atoms with Crippen molar-refractivity contribution in [1.29, 1.82) is 0 Å². The highest BCUT2D eigenvalue weighted by atomic mass is 35.5. The first kappa shape index (κ1) is 13.8. The molecule has 0 fully saturated rings. The van der Waals surface area contributed by atoms with Crippen LogP contribution in [0.2, 0.25) is 5.02 Å². The summed E-state index contributed by atoms with van der Waals surface area (Å²) in [6.45, 7) is 2.27. The lowest BCUT2D eigenvalue weighted by atomic mass is 10.1. The summed E-state index contributed by atoms with van der Waals surface area (Å²) < 4.78 is 12.8. The molecule has 0 aliphatic rings. The molecule has 2 nitrogen and oxygen atoms in total. The molecule has 0 aromatic heterocycles. The molecule has 0 bridgehead atoms. The van der Waals surface area contributed by atoms with Gasteiger partial charge in [0.15, 0.2) is 0 Å². The van der Waals surface area contributed by atoms with E-state index in [9.17, 15) is 9.50 Å². The van der Waals surface area contributed by atoms with Crippen LogP contribution in [0.3, 0.4) is 0 Å². The zero-order valence-electron chi connectivity index (χ0n) is 10.5. The van der Waals surface area contributed by atoms with Gasteiger partial charge in [0, 0.05) is 17.3 Å². The highest BCUT2D eigenvalue weighted by Gasteiger charge is 2.07. The molecule has 2 aromatic rings. The maximum Gasteiger partial charge on any atom is 0.123 e. The summed E-state index contributed by atoms with van der Waals surface area (Å²) in [5.74, 6) is -0.311. The maximum absolute atomic E-state index is 12.8. The van der Waals surface area contributed by atoms with Crippen LogP contribution in [0.25, 0.3) is 0 Å². The largest absolute Gasteiger partial charge is 0.387 e. The molecule has 0 saturated heterocycles. The molecule has 4 heteroatoms. The molecule has 2 rings (SSSR count). The Hall–Kier alpha value is -1.58. The van der Waals surface area contributed by atoms with Crippen LogP contribution in [0.15, 0.2) is 42.5 Å². The van der Waals surface area contributed by atoms with Crippen molar-refractivity contribution in [1.82, 2.24) is 0 Å². The van der Waals surface area contributed by atoms with E-state index in [2.05, 4.69) is 5.32 Å². The van der Waals surface area contributed by atoms with Crippen LogP contribution in [-0.4, -0.2) is 11.7 Å². The Kier molecular flexibility index (Phi) is 4.40. The lowest BCUT2D eigenvalue weighted by Gasteiger charge is -2.13. The average molecular weight is 280 g/mol. The average Bonchev–Trinajstić information content (AvgIpc) is 2.40. The first-order chi connectivity index (χ1) is 9.06. The molecule has 19 heavy (non-hydrogen) atoms. The number of halogens is 2. The summed E-state index contributed by atoms with van der Waals surface area (Å²) in [6, 6.07) is 11.4. The van der Waals surface area contributed by atoms with E-state index in [1.807, 2.05) is 25.1 Å². The predicted octanol–water partition coefficient (Wildman–Crippen LogP) is 3.93. The fourth-order valence-corrected chi connectivity index (χ4v) is 1.90. The second-order valence-electron chi connectivity index (χ2n) is 4.41. The van der Waals surface area contributed by atoms with Crippen LogP contribution in [0.5, 0.6) is 0 Å². The van der Waals surface area contributed by atoms with Gasteiger partial charge in [0.2, 0.25) is 0 Å². The lowest BCUT2D eigenvalue weighted by Crippen LogP contribution is -2.12. The van der Waals surface area contributed by atoms with E-state index in [1.165, 1.54) is 12.1 Å². The van der Waals surface area contributed by atoms with Crippen LogP contribution in [0, 0.1) is 12.7 Å². The van der Waals surface area contributed by atoms with E-state index >= 15 is 0 Å². The molecule has 2 aromatic carbocycles. The summed E-state index contributed by atoms with van der Waals surface area (Å²) in [4.78, 5) is 0. The molecule has 0 heterocycles. The molecule has 0 amide bonds. The molecule has 0 saturated carbocycles. The zero-order chi connectivity index (χ0) is 13.8.